The number of carbonyl (C=O) groups excluding carboxylic acids is 1. The quantitative estimate of drug-likeness (QED) is 0.538. The number of benzene rings is 2. The van der Waals surface area contributed by atoms with E-state index in [-0.39, 0.29) is 5.91 Å². The van der Waals surface area contributed by atoms with E-state index >= 15 is 0 Å². The van der Waals surface area contributed by atoms with Gasteiger partial charge in [0.2, 0.25) is 0 Å². The van der Waals surface area contributed by atoms with Crippen LogP contribution in [0.5, 0.6) is 0 Å². The molecule has 0 bridgehead atoms. The van der Waals surface area contributed by atoms with Gasteiger partial charge in [-0.1, -0.05) is 35.9 Å². The predicted octanol–water partition coefficient (Wildman–Crippen LogP) is 4.34. The fraction of sp³-hybridized carbons (Fsp3) is 0.100. The van der Waals surface area contributed by atoms with Crippen molar-refractivity contribution in [1.29, 1.82) is 0 Å². The Hall–Kier alpha value is -2.85. The Labute approximate surface area is 149 Å². The van der Waals surface area contributed by atoms with Gasteiger partial charge in [0.15, 0.2) is 0 Å². The summed E-state index contributed by atoms with van der Waals surface area (Å²) in [6.07, 6.45) is 0.766. The fourth-order valence-electron chi connectivity index (χ4n) is 2.97. The van der Waals surface area contributed by atoms with Crippen LogP contribution in [0.15, 0.2) is 60.7 Å². The van der Waals surface area contributed by atoms with Crippen molar-refractivity contribution < 1.29 is 4.79 Å². The zero-order valence-corrected chi connectivity index (χ0v) is 14.2. The van der Waals surface area contributed by atoms with Crippen molar-refractivity contribution in [3.63, 3.8) is 0 Å². The van der Waals surface area contributed by atoms with Crippen molar-refractivity contribution >= 4 is 39.4 Å². The van der Waals surface area contributed by atoms with E-state index in [0.29, 0.717) is 17.3 Å². The number of nitrogens with zero attached hydrogens (tertiary/aromatic N) is 1. The summed E-state index contributed by atoms with van der Waals surface area (Å²) in [5, 5.41) is 5.60. The van der Waals surface area contributed by atoms with E-state index in [1.54, 1.807) is 6.07 Å². The molecule has 5 heteroatoms. The van der Waals surface area contributed by atoms with Crippen LogP contribution in [0, 0.1) is 0 Å². The molecule has 0 spiro atoms. The minimum Gasteiger partial charge on any atom is -0.352 e. The van der Waals surface area contributed by atoms with E-state index in [1.807, 2.05) is 42.5 Å². The molecule has 0 radical (unpaired) electrons. The van der Waals surface area contributed by atoms with Gasteiger partial charge in [0.1, 0.15) is 10.8 Å². The van der Waals surface area contributed by atoms with Gasteiger partial charge in [0, 0.05) is 28.4 Å². The first-order valence-corrected chi connectivity index (χ1v) is 8.48. The molecule has 25 heavy (non-hydrogen) atoms. The number of hydrogen-bond acceptors (Lipinski definition) is 2. The van der Waals surface area contributed by atoms with Crippen LogP contribution in [0.3, 0.4) is 0 Å². The van der Waals surface area contributed by atoms with Crippen LogP contribution in [0.25, 0.3) is 21.9 Å². The number of aromatic nitrogens is 2. The number of rotatable bonds is 4. The second-order valence-electron chi connectivity index (χ2n) is 5.91. The Morgan fingerprint density at radius 3 is 2.72 bits per heavy atom. The van der Waals surface area contributed by atoms with E-state index in [1.165, 1.54) is 0 Å². The Morgan fingerprint density at radius 2 is 1.88 bits per heavy atom. The molecule has 124 valence electrons. The maximum Gasteiger partial charge on any atom is 0.251 e. The molecular formula is C20H16ClN3O. The molecule has 0 saturated heterocycles. The monoisotopic (exact) mass is 349 g/mol. The lowest BCUT2D eigenvalue weighted by atomic mass is 10.1. The SMILES string of the molecule is O=C(NCCc1ccc2[nH]c3nc(Cl)ccc3c2c1)c1ccccc1. The second kappa shape index (κ2) is 6.57. The van der Waals surface area contributed by atoms with Gasteiger partial charge in [-0.3, -0.25) is 4.79 Å². The summed E-state index contributed by atoms with van der Waals surface area (Å²) >= 11 is 5.95. The smallest absolute Gasteiger partial charge is 0.251 e. The first-order chi connectivity index (χ1) is 12.2. The fourth-order valence-corrected chi connectivity index (χ4v) is 3.11. The van der Waals surface area contributed by atoms with Crippen molar-refractivity contribution in [1.82, 2.24) is 15.3 Å². The molecule has 0 aliphatic rings. The lowest BCUT2D eigenvalue weighted by Gasteiger charge is -2.06. The summed E-state index contributed by atoms with van der Waals surface area (Å²) in [5.74, 6) is -0.0485. The lowest BCUT2D eigenvalue weighted by Crippen LogP contribution is -2.25. The number of amides is 1. The first kappa shape index (κ1) is 15.7. The summed E-state index contributed by atoms with van der Waals surface area (Å²) in [6, 6.07) is 19.3. The van der Waals surface area contributed by atoms with Crippen molar-refractivity contribution in [3.8, 4) is 0 Å². The molecule has 2 heterocycles. The van der Waals surface area contributed by atoms with Crippen molar-refractivity contribution in [2.75, 3.05) is 6.54 Å². The third kappa shape index (κ3) is 3.21. The number of pyridine rings is 1. The van der Waals surface area contributed by atoms with Crippen LogP contribution in [-0.2, 0) is 6.42 Å². The highest BCUT2D eigenvalue weighted by Gasteiger charge is 2.08. The average Bonchev–Trinajstić information content (AvgIpc) is 2.99. The summed E-state index contributed by atoms with van der Waals surface area (Å²) < 4.78 is 0. The molecule has 0 fully saturated rings. The maximum absolute atomic E-state index is 12.1. The topological polar surface area (TPSA) is 57.8 Å². The van der Waals surface area contributed by atoms with Crippen molar-refractivity contribution in [2.24, 2.45) is 0 Å². The first-order valence-electron chi connectivity index (χ1n) is 8.11. The summed E-state index contributed by atoms with van der Waals surface area (Å²) in [5.41, 5.74) is 3.66. The van der Waals surface area contributed by atoms with Crippen LogP contribution in [0.1, 0.15) is 15.9 Å². The highest BCUT2D eigenvalue weighted by molar-refractivity contribution is 6.30. The van der Waals surface area contributed by atoms with Gasteiger partial charge >= 0.3 is 0 Å². The lowest BCUT2D eigenvalue weighted by molar-refractivity contribution is 0.0954. The summed E-state index contributed by atoms with van der Waals surface area (Å²) in [6.45, 7) is 0.589. The molecule has 2 aromatic heterocycles. The molecule has 1 amide bonds. The molecule has 0 atom stereocenters. The molecule has 0 unspecified atom stereocenters. The van der Waals surface area contributed by atoms with E-state index in [9.17, 15) is 4.79 Å². The maximum atomic E-state index is 12.1. The predicted molar refractivity (Wildman–Crippen MR) is 101 cm³/mol. The van der Waals surface area contributed by atoms with Crippen molar-refractivity contribution in [2.45, 2.75) is 6.42 Å². The molecule has 4 rings (SSSR count). The molecule has 0 saturated carbocycles. The van der Waals surface area contributed by atoms with Crippen LogP contribution >= 0.6 is 11.6 Å². The van der Waals surface area contributed by atoms with Gasteiger partial charge in [-0.15, -0.1) is 0 Å². The second-order valence-corrected chi connectivity index (χ2v) is 6.29. The Kier molecular flexibility index (Phi) is 4.12. The minimum absolute atomic E-state index is 0.0485. The van der Waals surface area contributed by atoms with Crippen LogP contribution in [0.2, 0.25) is 5.15 Å². The Bertz CT molecular complexity index is 1060. The summed E-state index contributed by atoms with van der Waals surface area (Å²) in [4.78, 5) is 19.7. The molecule has 0 aliphatic heterocycles. The number of aromatic amines is 1. The minimum atomic E-state index is -0.0485. The highest BCUT2D eigenvalue weighted by Crippen LogP contribution is 2.26. The van der Waals surface area contributed by atoms with E-state index in [2.05, 4.69) is 27.4 Å². The Balaban J connectivity index is 1.50. The van der Waals surface area contributed by atoms with Gasteiger partial charge < -0.3 is 10.3 Å². The molecule has 0 aliphatic carbocycles. The average molecular weight is 350 g/mol. The zero-order chi connectivity index (χ0) is 17.2. The normalized spacial score (nSPS) is 11.1. The standard InChI is InChI=1S/C20H16ClN3O/c21-18-9-7-15-16-12-13(6-8-17(16)23-19(15)24-18)10-11-22-20(25)14-4-2-1-3-5-14/h1-9,12H,10-11H2,(H,22,25)(H,23,24). The Morgan fingerprint density at radius 1 is 1.04 bits per heavy atom. The molecule has 2 N–H and O–H groups in total. The van der Waals surface area contributed by atoms with Crippen LogP contribution < -0.4 is 5.32 Å². The van der Waals surface area contributed by atoms with E-state index in [0.717, 1.165) is 33.9 Å². The largest absolute Gasteiger partial charge is 0.352 e. The number of fused-ring (bicyclic) bond motifs is 3. The van der Waals surface area contributed by atoms with Gasteiger partial charge in [-0.05, 0) is 48.4 Å². The number of hydrogen-bond donors (Lipinski definition) is 2. The van der Waals surface area contributed by atoms with Gasteiger partial charge in [-0.25, -0.2) is 4.98 Å². The zero-order valence-electron chi connectivity index (χ0n) is 13.4. The number of halogens is 1. The van der Waals surface area contributed by atoms with E-state index < -0.39 is 0 Å². The van der Waals surface area contributed by atoms with Crippen LogP contribution in [0.4, 0.5) is 0 Å². The summed E-state index contributed by atoms with van der Waals surface area (Å²) in [7, 11) is 0. The van der Waals surface area contributed by atoms with Gasteiger partial charge in [0.25, 0.3) is 5.91 Å². The number of nitrogens with one attached hydrogen (secondary N) is 2. The molecule has 4 nitrogen and oxygen atoms in total. The van der Waals surface area contributed by atoms with Gasteiger partial charge in [-0.2, -0.15) is 0 Å². The van der Waals surface area contributed by atoms with Crippen LogP contribution in [-0.4, -0.2) is 22.4 Å². The number of carbonyl (C=O) groups is 1. The van der Waals surface area contributed by atoms with Gasteiger partial charge in [0.05, 0.1) is 0 Å². The number of H-pyrrole nitrogens is 1. The highest BCUT2D eigenvalue weighted by atomic mass is 35.5. The third-order valence-electron chi connectivity index (χ3n) is 4.22. The molecule has 2 aromatic carbocycles. The van der Waals surface area contributed by atoms with E-state index in [4.69, 9.17) is 11.6 Å². The third-order valence-corrected chi connectivity index (χ3v) is 4.43. The van der Waals surface area contributed by atoms with Crippen molar-refractivity contribution in [3.05, 3.63) is 76.9 Å². The molecule has 4 aromatic rings. The molecular weight excluding hydrogens is 334 g/mol.